The summed E-state index contributed by atoms with van der Waals surface area (Å²) in [4.78, 5) is 71.7. The minimum absolute atomic E-state index is 0.0646. The third-order valence-corrected chi connectivity index (χ3v) is 11.3. The Morgan fingerprint density at radius 2 is 1.57 bits per heavy atom. The van der Waals surface area contributed by atoms with Crippen LogP contribution in [0, 0.1) is 23.7 Å². The second-order valence-corrected chi connectivity index (χ2v) is 13.7. The van der Waals surface area contributed by atoms with Crippen molar-refractivity contribution in [2.24, 2.45) is 23.7 Å². The number of rotatable bonds is 6. The van der Waals surface area contributed by atoms with E-state index in [0.29, 0.717) is 32.6 Å². The van der Waals surface area contributed by atoms with Gasteiger partial charge in [0.05, 0.1) is 35.3 Å². The number of fused-ring (bicyclic) bond motifs is 5. The summed E-state index contributed by atoms with van der Waals surface area (Å²) in [5.74, 6) is -6.55. The van der Waals surface area contributed by atoms with E-state index >= 15 is 4.79 Å². The maximum absolute atomic E-state index is 15.4. The van der Waals surface area contributed by atoms with Crippen molar-refractivity contribution in [1.29, 1.82) is 0 Å². The number of carboxylic acids is 1. The summed E-state index contributed by atoms with van der Waals surface area (Å²) in [6.07, 6.45) is 1.95. The van der Waals surface area contributed by atoms with Gasteiger partial charge in [-0.1, -0.05) is 90.0 Å². The number of hydrogen-bond donors (Lipinski definition) is 2. The van der Waals surface area contributed by atoms with E-state index in [1.54, 1.807) is 42.5 Å². The predicted octanol–water partition coefficient (Wildman–Crippen LogP) is 5.84. The highest BCUT2D eigenvalue weighted by Gasteiger charge is 2.70. The molecular formula is C39H31ClN2O7. The van der Waals surface area contributed by atoms with Gasteiger partial charge < -0.3 is 10.2 Å². The van der Waals surface area contributed by atoms with Gasteiger partial charge in [0, 0.05) is 22.9 Å². The van der Waals surface area contributed by atoms with Crippen LogP contribution in [0.4, 0.5) is 5.69 Å². The van der Waals surface area contributed by atoms with Crippen molar-refractivity contribution in [2.45, 2.75) is 30.6 Å². The van der Waals surface area contributed by atoms with Crippen LogP contribution in [-0.4, -0.2) is 51.3 Å². The van der Waals surface area contributed by atoms with Crippen LogP contribution in [0.2, 0.25) is 5.02 Å². The maximum atomic E-state index is 15.4. The molecule has 8 rings (SSSR count). The van der Waals surface area contributed by atoms with Crippen molar-refractivity contribution in [3.05, 3.63) is 119 Å². The molecule has 0 spiro atoms. The lowest BCUT2D eigenvalue weighted by Gasteiger charge is -2.51. The van der Waals surface area contributed by atoms with E-state index in [0.717, 1.165) is 10.5 Å². The third kappa shape index (κ3) is 4.41. The molecule has 0 bridgehead atoms. The van der Waals surface area contributed by atoms with Crippen molar-refractivity contribution in [3.8, 4) is 5.75 Å². The second-order valence-electron chi connectivity index (χ2n) is 13.3. The number of carboxylic acid groups (broad SMARTS) is 1. The first-order chi connectivity index (χ1) is 23.6. The number of nitrogens with zero attached hydrogens (tertiary/aromatic N) is 2. The Morgan fingerprint density at radius 3 is 2.31 bits per heavy atom. The number of carbonyl (C=O) groups excluding carboxylic acids is 4. The van der Waals surface area contributed by atoms with Gasteiger partial charge in [-0.25, -0.2) is 4.90 Å². The van der Waals surface area contributed by atoms with E-state index in [1.165, 1.54) is 4.90 Å². The number of benzene rings is 4. The fraction of sp³-hybridized carbons (Fsp3) is 0.256. The van der Waals surface area contributed by atoms with Gasteiger partial charge in [0.2, 0.25) is 23.6 Å². The van der Waals surface area contributed by atoms with E-state index in [2.05, 4.69) is 0 Å². The summed E-state index contributed by atoms with van der Waals surface area (Å²) in [6.45, 7) is -0.231. The summed E-state index contributed by atoms with van der Waals surface area (Å²) in [5.41, 5.74) is 1.02. The number of amides is 4. The van der Waals surface area contributed by atoms with Gasteiger partial charge in [0.1, 0.15) is 5.75 Å². The molecule has 49 heavy (non-hydrogen) atoms. The highest BCUT2D eigenvalue weighted by atomic mass is 35.5. The van der Waals surface area contributed by atoms with Crippen LogP contribution in [0.3, 0.4) is 0 Å². The van der Waals surface area contributed by atoms with Crippen molar-refractivity contribution < 1.29 is 34.2 Å². The van der Waals surface area contributed by atoms with E-state index in [4.69, 9.17) is 11.6 Å². The van der Waals surface area contributed by atoms with Crippen molar-refractivity contribution >= 4 is 57.7 Å². The fourth-order valence-electron chi connectivity index (χ4n) is 9.14. The largest absolute Gasteiger partial charge is 0.507 e. The number of halogens is 1. The highest BCUT2D eigenvalue weighted by molar-refractivity contribution is 6.32. The normalized spacial score (nSPS) is 27.6. The van der Waals surface area contributed by atoms with Crippen LogP contribution in [0.15, 0.2) is 103 Å². The van der Waals surface area contributed by atoms with Crippen LogP contribution in [-0.2, 0) is 29.4 Å². The Labute approximate surface area is 286 Å². The standard InChI is InChI=1S/C39H31ClN2O7/c40-22-9-6-10-23(19-22)42-36(47)30-20-29-27(13-14-28-33(29)37(48)41(35(28)46)18-17-32(44)45)34(39(30,38(42)49)21-7-2-1-3-8-21)26-15-16-31(43)25-12-5-4-11-24(25)26/h1-13,15-16,19,28-30,33-34,43H,14,17-18,20H2,(H,44,45)/t28-,29+,30-,33-,34-,39+/m0/s1. The molecule has 4 aromatic carbocycles. The molecule has 0 unspecified atom stereocenters. The molecule has 246 valence electrons. The molecule has 2 N–H and O–H groups in total. The molecule has 6 atom stereocenters. The first kappa shape index (κ1) is 31.0. The van der Waals surface area contributed by atoms with E-state index in [1.807, 2.05) is 54.6 Å². The van der Waals surface area contributed by atoms with Crippen LogP contribution in [0.1, 0.15) is 36.3 Å². The Morgan fingerprint density at radius 1 is 0.837 bits per heavy atom. The van der Waals surface area contributed by atoms with Gasteiger partial charge in [0.25, 0.3) is 0 Å². The van der Waals surface area contributed by atoms with Crippen molar-refractivity contribution in [2.75, 3.05) is 11.4 Å². The third-order valence-electron chi connectivity index (χ3n) is 11.1. The lowest BCUT2D eigenvalue weighted by Crippen LogP contribution is -2.53. The summed E-state index contributed by atoms with van der Waals surface area (Å²) in [5, 5.41) is 21.9. The first-order valence-corrected chi connectivity index (χ1v) is 16.7. The zero-order valence-corrected chi connectivity index (χ0v) is 26.9. The van der Waals surface area contributed by atoms with Gasteiger partial charge in [-0.15, -0.1) is 0 Å². The quantitative estimate of drug-likeness (QED) is 0.194. The minimum Gasteiger partial charge on any atom is -0.507 e. The van der Waals surface area contributed by atoms with Gasteiger partial charge in [0.15, 0.2) is 0 Å². The Kier molecular flexibility index (Phi) is 7.22. The molecule has 0 radical (unpaired) electrons. The molecule has 10 heteroatoms. The lowest BCUT2D eigenvalue weighted by molar-refractivity contribution is -0.142. The Hall–Kier alpha value is -5.28. The summed E-state index contributed by atoms with van der Waals surface area (Å²) in [7, 11) is 0. The number of allylic oxidation sites excluding steroid dienone is 2. The number of phenolic OH excluding ortho intramolecular Hbond substituents is 1. The second kappa shape index (κ2) is 11.4. The smallest absolute Gasteiger partial charge is 0.305 e. The minimum atomic E-state index is -1.45. The molecule has 2 heterocycles. The number of hydrogen-bond acceptors (Lipinski definition) is 6. The lowest BCUT2D eigenvalue weighted by atomic mass is 9.49. The van der Waals surface area contributed by atoms with Gasteiger partial charge in [-0.05, 0) is 59.5 Å². The number of likely N-dealkylation sites (tertiary alicyclic amines) is 1. The van der Waals surface area contributed by atoms with Crippen LogP contribution >= 0.6 is 11.6 Å². The van der Waals surface area contributed by atoms with Crippen molar-refractivity contribution in [1.82, 2.24) is 4.90 Å². The number of carbonyl (C=O) groups is 5. The van der Waals surface area contributed by atoms with E-state index in [9.17, 15) is 29.4 Å². The Balaban J connectivity index is 1.40. The van der Waals surface area contributed by atoms with Gasteiger partial charge in [-0.2, -0.15) is 0 Å². The molecule has 9 nitrogen and oxygen atoms in total. The molecule has 2 saturated heterocycles. The number of imide groups is 2. The molecule has 1 saturated carbocycles. The summed E-state index contributed by atoms with van der Waals surface area (Å²) in [6, 6.07) is 26.6. The van der Waals surface area contributed by atoms with Gasteiger partial charge >= 0.3 is 5.97 Å². The monoisotopic (exact) mass is 674 g/mol. The number of anilines is 1. The molecule has 4 amide bonds. The maximum Gasteiger partial charge on any atom is 0.305 e. The summed E-state index contributed by atoms with van der Waals surface area (Å²) < 4.78 is 0. The molecular weight excluding hydrogens is 644 g/mol. The van der Waals surface area contributed by atoms with Crippen LogP contribution in [0.5, 0.6) is 5.75 Å². The number of aliphatic carboxylic acids is 1. The number of phenols is 1. The average Bonchev–Trinajstić information content (AvgIpc) is 3.48. The van der Waals surface area contributed by atoms with Crippen molar-refractivity contribution in [3.63, 3.8) is 0 Å². The van der Waals surface area contributed by atoms with Crippen LogP contribution < -0.4 is 4.90 Å². The highest BCUT2D eigenvalue weighted by Crippen LogP contribution is 2.65. The molecule has 4 aliphatic rings. The fourth-order valence-corrected chi connectivity index (χ4v) is 9.32. The summed E-state index contributed by atoms with van der Waals surface area (Å²) >= 11 is 6.38. The molecule has 2 aliphatic carbocycles. The van der Waals surface area contributed by atoms with E-state index in [-0.39, 0.29) is 31.6 Å². The van der Waals surface area contributed by atoms with Gasteiger partial charge in [-0.3, -0.25) is 28.9 Å². The topological polar surface area (TPSA) is 132 Å². The Bertz CT molecular complexity index is 2130. The predicted molar refractivity (Wildman–Crippen MR) is 181 cm³/mol. The number of aromatic hydroxyl groups is 1. The molecule has 3 fully saturated rings. The first-order valence-electron chi connectivity index (χ1n) is 16.3. The SMILES string of the molecule is O=C(O)CCN1C(=O)[C@H]2[C@H](CC=C3[C@H]2C[C@H]2C(=O)N(c4cccc(Cl)c4)C(=O)[C@@]2(c2ccccc2)[C@H]3c2ccc(O)c3ccccc23)C1=O. The molecule has 4 aromatic rings. The molecule has 2 aliphatic heterocycles. The average molecular weight is 675 g/mol. The molecule has 0 aromatic heterocycles. The van der Waals surface area contributed by atoms with E-state index < -0.39 is 64.6 Å². The zero-order valence-electron chi connectivity index (χ0n) is 26.2. The van der Waals surface area contributed by atoms with Crippen LogP contribution in [0.25, 0.3) is 10.8 Å². The zero-order chi connectivity index (χ0) is 34.2.